The van der Waals surface area contributed by atoms with Crippen molar-refractivity contribution < 1.29 is 19.5 Å². The number of likely N-dealkylation sites (N-methyl/N-ethyl adjacent to an activating group) is 1. The number of anilines is 1. The molecule has 0 aromatic heterocycles. The first kappa shape index (κ1) is 18.8. The van der Waals surface area contributed by atoms with Gasteiger partial charge in [0.05, 0.1) is 10.5 Å². The quantitative estimate of drug-likeness (QED) is 0.606. The van der Waals surface area contributed by atoms with Crippen molar-refractivity contribution in [2.24, 2.45) is 0 Å². The highest BCUT2D eigenvalue weighted by Gasteiger charge is 2.28. The molecular weight excluding hydrogens is 384 g/mol. The Kier molecular flexibility index (Phi) is 5.38. The third-order valence-corrected chi connectivity index (χ3v) is 5.31. The Morgan fingerprint density at radius 2 is 1.85 bits per heavy atom. The molecule has 2 aromatic rings. The minimum atomic E-state index is -1.06. The number of carboxylic acid groups (broad SMARTS) is 1. The largest absolute Gasteiger partial charge is 0.478 e. The lowest BCUT2D eigenvalue weighted by Gasteiger charge is -2.06. The molecule has 1 saturated heterocycles. The minimum absolute atomic E-state index is 0.0939. The molecule has 0 saturated carbocycles. The lowest BCUT2D eigenvalue weighted by molar-refractivity contribution is -0.121. The van der Waals surface area contributed by atoms with Gasteiger partial charge in [0.2, 0.25) is 0 Å². The zero-order chi connectivity index (χ0) is 19.6. The van der Waals surface area contributed by atoms with Crippen molar-refractivity contribution in [3.8, 4) is 0 Å². The molecule has 0 unspecified atom stereocenters. The van der Waals surface area contributed by atoms with E-state index in [1.165, 1.54) is 28.8 Å². The first-order valence-corrected chi connectivity index (χ1v) is 9.04. The molecule has 1 heterocycles. The van der Waals surface area contributed by atoms with E-state index in [9.17, 15) is 14.4 Å². The summed E-state index contributed by atoms with van der Waals surface area (Å²) in [5, 5.41) is 11.7. The van der Waals surface area contributed by atoms with E-state index < -0.39 is 5.97 Å². The van der Waals surface area contributed by atoms with Gasteiger partial charge in [0.1, 0.15) is 4.32 Å². The molecule has 0 atom stereocenters. The number of amides is 2. The standard InChI is InChI=1S/C19H14N2O4S2/c1-21-17(23)15(27-19(21)26)9-11-5-7-12(8-6-11)16(22)20-14-4-2-3-13(10-14)18(24)25/h2-10H,1H3,(H,20,22)(H,24,25)/b15-9+. The Morgan fingerprint density at radius 1 is 1.15 bits per heavy atom. The summed E-state index contributed by atoms with van der Waals surface area (Å²) < 4.78 is 0.505. The molecule has 0 aliphatic carbocycles. The number of carbonyl (C=O) groups is 3. The van der Waals surface area contributed by atoms with Crippen molar-refractivity contribution in [2.75, 3.05) is 12.4 Å². The van der Waals surface area contributed by atoms with Gasteiger partial charge in [-0.1, -0.05) is 42.2 Å². The lowest BCUT2D eigenvalue weighted by Crippen LogP contribution is -2.22. The van der Waals surface area contributed by atoms with Crippen LogP contribution in [0.2, 0.25) is 0 Å². The molecule has 2 aromatic carbocycles. The predicted octanol–water partition coefficient (Wildman–Crippen LogP) is 3.47. The number of nitrogens with one attached hydrogen (secondary N) is 1. The minimum Gasteiger partial charge on any atom is -0.478 e. The maximum absolute atomic E-state index is 12.3. The van der Waals surface area contributed by atoms with E-state index in [1.54, 1.807) is 49.5 Å². The Bertz CT molecular complexity index is 983. The molecule has 6 nitrogen and oxygen atoms in total. The summed E-state index contributed by atoms with van der Waals surface area (Å²) in [5.41, 5.74) is 1.68. The van der Waals surface area contributed by atoms with Gasteiger partial charge < -0.3 is 10.4 Å². The van der Waals surface area contributed by atoms with Crippen LogP contribution in [0.4, 0.5) is 5.69 Å². The van der Waals surface area contributed by atoms with Gasteiger partial charge in [-0.15, -0.1) is 0 Å². The fourth-order valence-electron chi connectivity index (χ4n) is 2.36. The van der Waals surface area contributed by atoms with Crippen LogP contribution in [0.15, 0.2) is 53.4 Å². The molecule has 2 amide bonds. The summed E-state index contributed by atoms with van der Waals surface area (Å²) >= 11 is 6.33. The monoisotopic (exact) mass is 398 g/mol. The van der Waals surface area contributed by atoms with Crippen molar-refractivity contribution in [3.05, 3.63) is 70.1 Å². The van der Waals surface area contributed by atoms with Gasteiger partial charge in [-0.3, -0.25) is 14.5 Å². The number of thiocarbonyl (C=S) groups is 1. The van der Waals surface area contributed by atoms with E-state index in [0.29, 0.717) is 20.5 Å². The van der Waals surface area contributed by atoms with Crippen molar-refractivity contribution >= 4 is 57.8 Å². The van der Waals surface area contributed by atoms with Gasteiger partial charge in [-0.05, 0) is 42.0 Å². The van der Waals surface area contributed by atoms with Gasteiger partial charge in [-0.25, -0.2) is 4.79 Å². The third kappa shape index (κ3) is 4.24. The topological polar surface area (TPSA) is 86.7 Å². The first-order valence-electron chi connectivity index (χ1n) is 7.81. The average molecular weight is 398 g/mol. The maximum Gasteiger partial charge on any atom is 0.335 e. The number of carboxylic acids is 1. The van der Waals surface area contributed by atoms with Crippen molar-refractivity contribution in [2.45, 2.75) is 0 Å². The number of aromatic carboxylic acids is 1. The summed E-state index contributed by atoms with van der Waals surface area (Å²) in [6, 6.07) is 12.7. The molecule has 8 heteroatoms. The van der Waals surface area contributed by atoms with E-state index in [-0.39, 0.29) is 17.4 Å². The number of hydrogen-bond acceptors (Lipinski definition) is 5. The van der Waals surface area contributed by atoms with Gasteiger partial charge in [-0.2, -0.15) is 0 Å². The van der Waals surface area contributed by atoms with Crippen LogP contribution in [0.5, 0.6) is 0 Å². The van der Waals surface area contributed by atoms with Gasteiger partial charge in [0, 0.05) is 18.3 Å². The highest BCUT2D eigenvalue weighted by Crippen LogP contribution is 2.31. The van der Waals surface area contributed by atoms with Crippen LogP contribution in [0.3, 0.4) is 0 Å². The fourth-order valence-corrected chi connectivity index (χ4v) is 3.54. The van der Waals surface area contributed by atoms with E-state index in [4.69, 9.17) is 17.3 Å². The fraction of sp³-hybridized carbons (Fsp3) is 0.0526. The van der Waals surface area contributed by atoms with Crippen LogP contribution in [-0.2, 0) is 4.79 Å². The average Bonchev–Trinajstić information content (AvgIpc) is 2.89. The molecule has 136 valence electrons. The number of hydrogen-bond donors (Lipinski definition) is 2. The zero-order valence-corrected chi connectivity index (χ0v) is 15.8. The maximum atomic E-state index is 12.3. The first-order chi connectivity index (χ1) is 12.8. The van der Waals surface area contributed by atoms with Crippen LogP contribution in [0, 0.1) is 0 Å². The normalized spacial score (nSPS) is 15.3. The highest BCUT2D eigenvalue weighted by molar-refractivity contribution is 8.26. The summed E-state index contributed by atoms with van der Waals surface area (Å²) in [5.74, 6) is -1.57. The Hall–Kier alpha value is -2.97. The van der Waals surface area contributed by atoms with Gasteiger partial charge >= 0.3 is 5.97 Å². The van der Waals surface area contributed by atoms with E-state index in [0.717, 1.165) is 5.56 Å². The van der Waals surface area contributed by atoms with Crippen molar-refractivity contribution in [1.82, 2.24) is 4.90 Å². The molecule has 0 radical (unpaired) electrons. The van der Waals surface area contributed by atoms with Crippen molar-refractivity contribution in [3.63, 3.8) is 0 Å². The van der Waals surface area contributed by atoms with E-state index >= 15 is 0 Å². The highest BCUT2D eigenvalue weighted by atomic mass is 32.2. The molecule has 0 spiro atoms. The number of benzene rings is 2. The lowest BCUT2D eigenvalue weighted by atomic mass is 10.1. The second kappa shape index (κ2) is 7.73. The third-order valence-electron chi connectivity index (χ3n) is 3.82. The number of carbonyl (C=O) groups excluding carboxylic acids is 2. The zero-order valence-electron chi connectivity index (χ0n) is 14.1. The number of nitrogens with zero attached hydrogens (tertiary/aromatic N) is 1. The number of rotatable bonds is 4. The Morgan fingerprint density at radius 3 is 2.44 bits per heavy atom. The SMILES string of the molecule is CN1C(=O)/C(=C\c2ccc(C(=O)Nc3cccc(C(=O)O)c3)cc2)SC1=S. The summed E-state index contributed by atoms with van der Waals surface area (Å²) in [6.07, 6.45) is 1.72. The van der Waals surface area contributed by atoms with E-state index in [1.807, 2.05) is 0 Å². The van der Waals surface area contributed by atoms with Crippen molar-refractivity contribution in [1.29, 1.82) is 0 Å². The molecule has 27 heavy (non-hydrogen) atoms. The summed E-state index contributed by atoms with van der Waals surface area (Å²) in [7, 11) is 1.63. The molecule has 1 aliphatic heterocycles. The second-order valence-electron chi connectivity index (χ2n) is 5.70. The summed E-state index contributed by atoms with van der Waals surface area (Å²) in [4.78, 5) is 37.3. The Labute approximate surface area is 164 Å². The smallest absolute Gasteiger partial charge is 0.335 e. The van der Waals surface area contributed by atoms with Crippen LogP contribution in [-0.4, -0.2) is 39.2 Å². The second-order valence-corrected chi connectivity index (χ2v) is 7.38. The predicted molar refractivity (Wildman–Crippen MR) is 109 cm³/mol. The Balaban J connectivity index is 1.73. The van der Waals surface area contributed by atoms with Gasteiger partial charge in [0.15, 0.2) is 0 Å². The molecule has 2 N–H and O–H groups in total. The van der Waals surface area contributed by atoms with Crippen LogP contribution in [0.1, 0.15) is 26.3 Å². The summed E-state index contributed by atoms with van der Waals surface area (Å²) in [6.45, 7) is 0. The van der Waals surface area contributed by atoms with Crippen LogP contribution in [0.25, 0.3) is 6.08 Å². The molecule has 3 rings (SSSR count). The van der Waals surface area contributed by atoms with Crippen LogP contribution >= 0.6 is 24.0 Å². The molecule has 1 aliphatic rings. The van der Waals surface area contributed by atoms with Gasteiger partial charge in [0.25, 0.3) is 11.8 Å². The number of thioether (sulfide) groups is 1. The molecule has 1 fully saturated rings. The molecule has 0 bridgehead atoms. The van der Waals surface area contributed by atoms with E-state index in [2.05, 4.69) is 5.32 Å². The molecular formula is C19H14N2O4S2. The van der Waals surface area contributed by atoms with Crippen LogP contribution < -0.4 is 5.32 Å².